The first-order valence-corrected chi connectivity index (χ1v) is 7.22. The monoisotopic (exact) mass is 268 g/mol. The molecule has 0 bridgehead atoms. The normalized spacial score (nSPS) is 25.7. The number of piperazine rings is 1. The van der Waals surface area contributed by atoms with Crippen LogP contribution >= 0.6 is 0 Å². The fourth-order valence-corrected chi connectivity index (χ4v) is 2.60. The van der Waals surface area contributed by atoms with Gasteiger partial charge in [0.2, 0.25) is 11.8 Å². The largest absolute Gasteiger partial charge is 0.343 e. The average molecular weight is 268 g/mol. The molecular weight excluding hydrogens is 244 g/mol. The van der Waals surface area contributed by atoms with E-state index in [9.17, 15) is 9.59 Å². The molecule has 2 unspecified atom stereocenters. The molecule has 2 fully saturated rings. The molecule has 0 radical (unpaired) electrons. The highest BCUT2D eigenvalue weighted by molar-refractivity contribution is 5.89. The zero-order valence-corrected chi connectivity index (χ0v) is 11.6. The van der Waals surface area contributed by atoms with Gasteiger partial charge in [-0.3, -0.25) is 9.59 Å². The Labute approximate surface area is 114 Å². The van der Waals surface area contributed by atoms with Crippen molar-refractivity contribution < 1.29 is 9.59 Å². The van der Waals surface area contributed by atoms with E-state index in [-0.39, 0.29) is 17.9 Å². The van der Waals surface area contributed by atoms with Gasteiger partial charge in [0, 0.05) is 32.7 Å². The maximum Gasteiger partial charge on any atom is 0.244 e. The molecule has 2 saturated heterocycles. The van der Waals surface area contributed by atoms with Crippen molar-refractivity contribution in [1.29, 1.82) is 0 Å². The Morgan fingerprint density at radius 1 is 1.21 bits per heavy atom. The molecule has 19 heavy (non-hydrogen) atoms. The highest BCUT2D eigenvalue weighted by Gasteiger charge is 2.26. The number of likely N-dealkylation sites (tertiary alicyclic amines) is 1. The van der Waals surface area contributed by atoms with E-state index in [1.54, 1.807) is 6.92 Å². The first-order chi connectivity index (χ1) is 9.18. The van der Waals surface area contributed by atoms with Crippen molar-refractivity contribution >= 4 is 11.8 Å². The van der Waals surface area contributed by atoms with Crippen molar-refractivity contribution in [2.24, 2.45) is 0 Å². The summed E-state index contributed by atoms with van der Waals surface area (Å²) in [5, 5.41) is 9.12. The van der Waals surface area contributed by atoms with E-state index in [1.807, 2.05) is 4.90 Å². The molecule has 6 heteroatoms. The minimum atomic E-state index is -0.436. The van der Waals surface area contributed by atoms with Gasteiger partial charge in [-0.05, 0) is 26.2 Å². The van der Waals surface area contributed by atoms with Gasteiger partial charge in [-0.15, -0.1) is 0 Å². The maximum atomic E-state index is 12.2. The third-order valence-corrected chi connectivity index (χ3v) is 3.75. The molecule has 0 aliphatic carbocycles. The van der Waals surface area contributed by atoms with Crippen LogP contribution in [0.2, 0.25) is 0 Å². The molecular formula is C13H24N4O2. The SMILES string of the molecule is CC(NC(=O)C1CNCCN1)C(=O)N1CCCCC1. The predicted octanol–water partition coefficient (Wildman–Crippen LogP) is -0.935. The number of hydrogen-bond donors (Lipinski definition) is 3. The van der Waals surface area contributed by atoms with Gasteiger partial charge in [-0.1, -0.05) is 0 Å². The summed E-state index contributed by atoms with van der Waals surface area (Å²) in [5.41, 5.74) is 0. The van der Waals surface area contributed by atoms with Crippen LogP contribution in [0.4, 0.5) is 0 Å². The van der Waals surface area contributed by atoms with Gasteiger partial charge in [0.05, 0.1) is 6.04 Å². The Morgan fingerprint density at radius 3 is 2.58 bits per heavy atom. The van der Waals surface area contributed by atoms with Gasteiger partial charge in [0.1, 0.15) is 6.04 Å². The summed E-state index contributed by atoms with van der Waals surface area (Å²) in [5.74, 6) is -0.0538. The first kappa shape index (κ1) is 14.3. The second-order valence-electron chi connectivity index (χ2n) is 5.33. The van der Waals surface area contributed by atoms with Crippen LogP contribution < -0.4 is 16.0 Å². The number of amides is 2. The van der Waals surface area contributed by atoms with Gasteiger partial charge in [0.15, 0.2) is 0 Å². The van der Waals surface area contributed by atoms with Crippen LogP contribution in [0.15, 0.2) is 0 Å². The van der Waals surface area contributed by atoms with Gasteiger partial charge in [0.25, 0.3) is 0 Å². The van der Waals surface area contributed by atoms with E-state index in [4.69, 9.17) is 0 Å². The Hall–Kier alpha value is -1.14. The van der Waals surface area contributed by atoms with Crippen molar-refractivity contribution in [1.82, 2.24) is 20.9 Å². The van der Waals surface area contributed by atoms with Crippen LogP contribution in [0.25, 0.3) is 0 Å². The Kier molecular flexibility index (Phi) is 5.15. The van der Waals surface area contributed by atoms with Gasteiger partial charge < -0.3 is 20.9 Å². The molecule has 6 nitrogen and oxygen atoms in total. The molecule has 2 heterocycles. The van der Waals surface area contributed by atoms with E-state index >= 15 is 0 Å². The van der Waals surface area contributed by atoms with Crippen LogP contribution in [0, 0.1) is 0 Å². The molecule has 2 atom stereocenters. The second-order valence-corrected chi connectivity index (χ2v) is 5.33. The summed E-state index contributed by atoms with van der Waals surface area (Å²) in [7, 11) is 0. The van der Waals surface area contributed by atoms with E-state index in [0.29, 0.717) is 6.54 Å². The number of nitrogens with zero attached hydrogens (tertiary/aromatic N) is 1. The molecule has 0 aromatic carbocycles. The molecule has 2 rings (SSSR count). The molecule has 2 aliphatic rings. The van der Waals surface area contributed by atoms with E-state index in [2.05, 4.69) is 16.0 Å². The number of carbonyl (C=O) groups is 2. The highest BCUT2D eigenvalue weighted by atomic mass is 16.2. The summed E-state index contributed by atoms with van der Waals surface area (Å²) in [6.07, 6.45) is 3.34. The van der Waals surface area contributed by atoms with E-state index in [1.165, 1.54) is 6.42 Å². The maximum absolute atomic E-state index is 12.2. The number of nitrogens with one attached hydrogen (secondary N) is 3. The lowest BCUT2D eigenvalue weighted by molar-refractivity contribution is -0.137. The quantitative estimate of drug-likeness (QED) is 0.618. The lowest BCUT2D eigenvalue weighted by Gasteiger charge is -2.30. The highest BCUT2D eigenvalue weighted by Crippen LogP contribution is 2.10. The van der Waals surface area contributed by atoms with Crippen LogP contribution in [0.1, 0.15) is 26.2 Å². The molecule has 0 aromatic heterocycles. The Morgan fingerprint density at radius 2 is 1.95 bits per heavy atom. The second kappa shape index (κ2) is 6.86. The molecule has 0 spiro atoms. The van der Waals surface area contributed by atoms with Crippen molar-refractivity contribution in [3.63, 3.8) is 0 Å². The average Bonchev–Trinajstić information content (AvgIpc) is 2.48. The number of rotatable bonds is 3. The summed E-state index contributed by atoms with van der Waals surface area (Å²) >= 11 is 0. The van der Waals surface area contributed by atoms with Gasteiger partial charge >= 0.3 is 0 Å². The number of piperidine rings is 1. The zero-order chi connectivity index (χ0) is 13.7. The lowest BCUT2D eigenvalue weighted by atomic mass is 10.1. The molecule has 3 N–H and O–H groups in total. The van der Waals surface area contributed by atoms with Crippen molar-refractivity contribution in [3.05, 3.63) is 0 Å². The molecule has 2 aliphatic heterocycles. The van der Waals surface area contributed by atoms with Crippen LogP contribution in [0.3, 0.4) is 0 Å². The summed E-state index contributed by atoms with van der Waals surface area (Å²) in [6.45, 7) is 5.70. The van der Waals surface area contributed by atoms with Crippen LogP contribution in [0.5, 0.6) is 0 Å². The van der Waals surface area contributed by atoms with E-state index < -0.39 is 6.04 Å². The minimum absolute atomic E-state index is 0.0387. The summed E-state index contributed by atoms with van der Waals surface area (Å²) in [6, 6.07) is -0.667. The topological polar surface area (TPSA) is 73.5 Å². The van der Waals surface area contributed by atoms with Gasteiger partial charge in [-0.2, -0.15) is 0 Å². The standard InChI is InChI=1S/C13H24N4O2/c1-10(13(19)17-7-3-2-4-8-17)16-12(18)11-9-14-5-6-15-11/h10-11,14-15H,2-9H2,1H3,(H,16,18). The summed E-state index contributed by atoms with van der Waals surface area (Å²) in [4.78, 5) is 26.1. The van der Waals surface area contributed by atoms with Crippen LogP contribution in [-0.2, 0) is 9.59 Å². The van der Waals surface area contributed by atoms with Crippen molar-refractivity contribution in [3.8, 4) is 0 Å². The smallest absolute Gasteiger partial charge is 0.244 e. The minimum Gasteiger partial charge on any atom is -0.343 e. The molecule has 0 saturated carbocycles. The fraction of sp³-hybridized carbons (Fsp3) is 0.846. The fourth-order valence-electron chi connectivity index (χ4n) is 2.60. The molecule has 0 aromatic rings. The number of carbonyl (C=O) groups excluding carboxylic acids is 2. The summed E-state index contributed by atoms with van der Waals surface area (Å²) < 4.78 is 0. The third kappa shape index (κ3) is 3.91. The van der Waals surface area contributed by atoms with Crippen LogP contribution in [-0.4, -0.2) is 61.5 Å². The lowest BCUT2D eigenvalue weighted by Crippen LogP contribution is -2.58. The van der Waals surface area contributed by atoms with Crippen molar-refractivity contribution in [2.75, 3.05) is 32.7 Å². The number of hydrogen-bond acceptors (Lipinski definition) is 4. The first-order valence-electron chi connectivity index (χ1n) is 7.22. The Bertz CT molecular complexity index is 323. The Balaban J connectivity index is 1.80. The zero-order valence-electron chi connectivity index (χ0n) is 11.6. The van der Waals surface area contributed by atoms with Crippen molar-refractivity contribution in [2.45, 2.75) is 38.3 Å². The molecule has 2 amide bonds. The van der Waals surface area contributed by atoms with E-state index in [0.717, 1.165) is 39.0 Å². The van der Waals surface area contributed by atoms with Gasteiger partial charge in [-0.25, -0.2) is 0 Å². The molecule has 108 valence electrons. The third-order valence-electron chi connectivity index (χ3n) is 3.75. The predicted molar refractivity (Wildman–Crippen MR) is 72.7 cm³/mol.